The average molecular weight is 385 g/mol. The minimum Gasteiger partial charge on any atom is -0.341 e. The highest BCUT2D eigenvalue weighted by atomic mass is 35.5. The van der Waals surface area contributed by atoms with Crippen LogP contribution in [0.1, 0.15) is 37.1 Å². The molecule has 0 saturated carbocycles. The number of rotatable bonds is 4. The fourth-order valence-corrected chi connectivity index (χ4v) is 3.92. The summed E-state index contributed by atoms with van der Waals surface area (Å²) in [6.07, 6.45) is 4.23. The summed E-state index contributed by atoms with van der Waals surface area (Å²) < 4.78 is 13.5. The van der Waals surface area contributed by atoms with Gasteiger partial charge in [0.25, 0.3) is 0 Å². The molecule has 0 bridgehead atoms. The molecular formula is C21H22ClFN4. The third-order valence-electron chi connectivity index (χ3n) is 5.16. The number of hydrogen-bond acceptors (Lipinski definition) is 4. The molecule has 2 aromatic rings. The Morgan fingerprint density at radius 2 is 2.04 bits per heavy atom. The van der Waals surface area contributed by atoms with Gasteiger partial charge in [0.05, 0.1) is 0 Å². The average Bonchev–Trinajstić information content (AvgIpc) is 3.18. The van der Waals surface area contributed by atoms with Crippen molar-refractivity contribution in [3.63, 3.8) is 0 Å². The number of aromatic nitrogens is 1. The number of pyridine rings is 1. The molecule has 1 unspecified atom stereocenters. The zero-order valence-electron chi connectivity index (χ0n) is 15.3. The van der Waals surface area contributed by atoms with Crippen LogP contribution in [-0.4, -0.2) is 35.4 Å². The molecule has 0 radical (unpaired) electrons. The summed E-state index contributed by atoms with van der Waals surface area (Å²) in [7, 11) is 0. The van der Waals surface area contributed by atoms with Gasteiger partial charge < -0.3 is 5.32 Å². The number of hydrogen-bond donors (Lipinski definition) is 1. The van der Waals surface area contributed by atoms with Gasteiger partial charge in [-0.25, -0.2) is 4.39 Å². The van der Waals surface area contributed by atoms with E-state index in [1.165, 1.54) is 25.0 Å². The van der Waals surface area contributed by atoms with E-state index in [4.69, 9.17) is 16.6 Å². The minimum absolute atomic E-state index is 0.256. The molecule has 1 saturated heterocycles. The van der Waals surface area contributed by atoms with Crippen LogP contribution >= 0.6 is 11.6 Å². The molecule has 0 amide bonds. The molecule has 4 nitrogen and oxygen atoms in total. The number of aliphatic imine (C=N–C) groups is 1. The molecule has 6 heteroatoms. The number of nitrogens with one attached hydrogen (secondary N) is 1. The molecule has 2 aliphatic rings. The van der Waals surface area contributed by atoms with Crippen LogP contribution < -0.4 is 5.32 Å². The first-order chi connectivity index (χ1) is 13.1. The quantitative estimate of drug-likeness (QED) is 0.852. The van der Waals surface area contributed by atoms with Crippen molar-refractivity contribution in [2.24, 2.45) is 4.99 Å². The summed E-state index contributed by atoms with van der Waals surface area (Å²) in [5, 5.41) is 3.88. The van der Waals surface area contributed by atoms with E-state index in [0.29, 0.717) is 5.02 Å². The maximum absolute atomic E-state index is 13.5. The third kappa shape index (κ3) is 3.89. The Morgan fingerprint density at radius 1 is 1.22 bits per heavy atom. The first kappa shape index (κ1) is 18.1. The van der Waals surface area contributed by atoms with Crippen LogP contribution in [0.4, 0.5) is 4.39 Å². The number of benzene rings is 1. The van der Waals surface area contributed by atoms with Crippen LogP contribution in [0.2, 0.25) is 5.02 Å². The van der Waals surface area contributed by atoms with Crippen molar-refractivity contribution in [3.05, 3.63) is 76.0 Å². The van der Waals surface area contributed by atoms with Crippen molar-refractivity contribution in [2.75, 3.05) is 19.6 Å². The van der Waals surface area contributed by atoms with Gasteiger partial charge in [-0.1, -0.05) is 23.7 Å². The van der Waals surface area contributed by atoms with Crippen LogP contribution in [0.15, 0.2) is 58.9 Å². The Hall–Kier alpha value is -2.24. The van der Waals surface area contributed by atoms with E-state index in [9.17, 15) is 4.39 Å². The number of halogens is 2. The lowest BCUT2D eigenvalue weighted by Crippen LogP contribution is -2.37. The number of nitrogens with zero attached hydrogens (tertiary/aromatic N) is 3. The van der Waals surface area contributed by atoms with Crippen molar-refractivity contribution in [1.29, 1.82) is 0 Å². The molecule has 3 heterocycles. The van der Waals surface area contributed by atoms with E-state index in [2.05, 4.69) is 22.1 Å². The SMILES string of the molecule is CC1=C(CN2CCCC2)NC(c2ccccn2)=NC1c1ccc(F)cc1Cl. The Labute approximate surface area is 163 Å². The molecule has 0 aliphatic carbocycles. The van der Waals surface area contributed by atoms with E-state index in [1.807, 2.05) is 18.2 Å². The zero-order valence-corrected chi connectivity index (χ0v) is 16.0. The number of amidine groups is 1. The summed E-state index contributed by atoms with van der Waals surface area (Å²) in [5.41, 5.74) is 3.82. The Kier molecular flexibility index (Phi) is 5.23. The molecule has 1 atom stereocenters. The van der Waals surface area contributed by atoms with Crippen LogP contribution in [0, 0.1) is 5.82 Å². The zero-order chi connectivity index (χ0) is 18.8. The Bertz CT molecular complexity index is 888. The van der Waals surface area contributed by atoms with E-state index in [0.717, 1.165) is 48.0 Å². The first-order valence-electron chi connectivity index (χ1n) is 9.25. The molecular weight excluding hydrogens is 363 g/mol. The van der Waals surface area contributed by atoms with Gasteiger partial charge in [0, 0.05) is 23.5 Å². The van der Waals surface area contributed by atoms with Crippen LogP contribution in [0.25, 0.3) is 0 Å². The molecule has 2 aliphatic heterocycles. The van der Waals surface area contributed by atoms with E-state index in [-0.39, 0.29) is 11.9 Å². The highest BCUT2D eigenvalue weighted by Gasteiger charge is 2.27. The van der Waals surface area contributed by atoms with Crippen LogP contribution in [0.3, 0.4) is 0 Å². The third-order valence-corrected chi connectivity index (χ3v) is 5.49. The number of likely N-dealkylation sites (tertiary alicyclic amines) is 1. The van der Waals surface area contributed by atoms with Crippen molar-refractivity contribution in [1.82, 2.24) is 15.2 Å². The molecule has 1 aromatic heterocycles. The fraction of sp³-hybridized carbons (Fsp3) is 0.333. The summed E-state index contributed by atoms with van der Waals surface area (Å²) in [6, 6.07) is 10.0. The van der Waals surface area contributed by atoms with Gasteiger partial charge in [-0.2, -0.15) is 0 Å². The summed E-state index contributed by atoms with van der Waals surface area (Å²) in [6.45, 7) is 5.13. The highest BCUT2D eigenvalue weighted by molar-refractivity contribution is 6.31. The minimum atomic E-state index is -0.342. The molecule has 140 valence electrons. The van der Waals surface area contributed by atoms with Gasteiger partial charge in [0.2, 0.25) is 0 Å². The standard InChI is InChI=1S/C21H22ClFN4/c1-14-19(13-27-10-4-5-11-27)25-21(18-6-2-3-9-24-18)26-20(14)16-8-7-15(23)12-17(16)22/h2-3,6-9,12,20H,4-5,10-11,13H2,1H3,(H,25,26). The molecule has 1 fully saturated rings. The predicted molar refractivity (Wildman–Crippen MR) is 106 cm³/mol. The monoisotopic (exact) mass is 384 g/mol. The lowest BCUT2D eigenvalue weighted by Gasteiger charge is -2.29. The summed E-state index contributed by atoms with van der Waals surface area (Å²) >= 11 is 6.36. The lowest BCUT2D eigenvalue weighted by molar-refractivity contribution is 0.361. The maximum Gasteiger partial charge on any atom is 0.152 e. The second-order valence-corrected chi connectivity index (χ2v) is 7.44. The van der Waals surface area contributed by atoms with E-state index < -0.39 is 0 Å². The second-order valence-electron chi connectivity index (χ2n) is 7.03. The van der Waals surface area contributed by atoms with Crippen molar-refractivity contribution >= 4 is 17.4 Å². The van der Waals surface area contributed by atoms with E-state index >= 15 is 0 Å². The van der Waals surface area contributed by atoms with Crippen LogP contribution in [-0.2, 0) is 0 Å². The lowest BCUT2D eigenvalue weighted by atomic mass is 9.96. The van der Waals surface area contributed by atoms with Gasteiger partial charge in [-0.05, 0) is 68.3 Å². The maximum atomic E-state index is 13.5. The second kappa shape index (κ2) is 7.79. The van der Waals surface area contributed by atoms with Crippen molar-refractivity contribution in [3.8, 4) is 0 Å². The van der Waals surface area contributed by atoms with Gasteiger partial charge >= 0.3 is 0 Å². The molecule has 0 spiro atoms. The van der Waals surface area contributed by atoms with Gasteiger partial charge in [-0.3, -0.25) is 14.9 Å². The molecule has 1 aromatic carbocycles. The first-order valence-corrected chi connectivity index (χ1v) is 9.63. The molecule has 4 rings (SSSR count). The summed E-state index contributed by atoms with van der Waals surface area (Å²) in [4.78, 5) is 11.8. The van der Waals surface area contributed by atoms with Crippen LogP contribution in [0.5, 0.6) is 0 Å². The topological polar surface area (TPSA) is 40.5 Å². The fourth-order valence-electron chi connectivity index (χ4n) is 3.65. The van der Waals surface area contributed by atoms with Gasteiger partial charge in [0.15, 0.2) is 5.84 Å². The molecule has 27 heavy (non-hydrogen) atoms. The summed E-state index contributed by atoms with van der Waals surface area (Å²) in [5.74, 6) is 0.381. The highest BCUT2D eigenvalue weighted by Crippen LogP contribution is 2.35. The van der Waals surface area contributed by atoms with E-state index in [1.54, 1.807) is 12.3 Å². The normalized spacial score (nSPS) is 20.6. The van der Waals surface area contributed by atoms with Gasteiger partial charge in [0.1, 0.15) is 17.6 Å². The molecule has 1 N–H and O–H groups in total. The van der Waals surface area contributed by atoms with Crippen molar-refractivity contribution in [2.45, 2.75) is 25.8 Å². The largest absolute Gasteiger partial charge is 0.341 e. The predicted octanol–water partition coefficient (Wildman–Crippen LogP) is 4.34. The Morgan fingerprint density at radius 3 is 2.74 bits per heavy atom. The smallest absolute Gasteiger partial charge is 0.152 e. The van der Waals surface area contributed by atoms with Gasteiger partial charge in [-0.15, -0.1) is 0 Å². The van der Waals surface area contributed by atoms with Crippen molar-refractivity contribution < 1.29 is 4.39 Å². The Balaban J connectivity index is 1.74.